The Bertz CT molecular complexity index is 243. The molecule has 1 rings (SSSR count). The third kappa shape index (κ3) is 2.18. The second-order valence-electron chi connectivity index (χ2n) is 1.80. The summed E-state index contributed by atoms with van der Waals surface area (Å²) in [6, 6.07) is 0. The molecule has 1 heterocycles. The van der Waals surface area contributed by atoms with Gasteiger partial charge >= 0.3 is 10.1 Å². The summed E-state index contributed by atoms with van der Waals surface area (Å²) >= 11 is 1.39. The van der Waals surface area contributed by atoms with Gasteiger partial charge in [-0.2, -0.15) is 8.42 Å². The lowest BCUT2D eigenvalue weighted by Gasteiger charge is -1.92. The molecule has 0 aromatic heterocycles. The van der Waals surface area contributed by atoms with Crippen molar-refractivity contribution in [2.45, 2.75) is 6.92 Å². The SMILES string of the molecule is CC1=NOS(=O)(=O)CCS1. The molecule has 0 aliphatic carbocycles. The summed E-state index contributed by atoms with van der Waals surface area (Å²) in [5.41, 5.74) is 0. The topological polar surface area (TPSA) is 55.7 Å². The van der Waals surface area contributed by atoms with Gasteiger partial charge in [-0.25, -0.2) is 0 Å². The second-order valence-corrected chi connectivity index (χ2v) is 4.76. The van der Waals surface area contributed by atoms with Crippen molar-refractivity contribution in [2.75, 3.05) is 11.5 Å². The highest BCUT2D eigenvalue weighted by Gasteiger charge is 2.15. The Kier molecular flexibility index (Phi) is 2.20. The standard InChI is InChI=1S/C4H7NO3S2/c1-4-5-8-10(6,7)3-2-9-4/h2-3H2,1H3. The van der Waals surface area contributed by atoms with E-state index in [9.17, 15) is 8.42 Å². The molecule has 0 radical (unpaired) electrons. The van der Waals surface area contributed by atoms with Crippen molar-refractivity contribution in [3.05, 3.63) is 0 Å². The highest BCUT2D eigenvalue weighted by molar-refractivity contribution is 8.14. The fourth-order valence-electron chi connectivity index (χ4n) is 0.464. The van der Waals surface area contributed by atoms with Gasteiger partial charge in [0.2, 0.25) is 0 Å². The quantitative estimate of drug-likeness (QED) is 0.543. The molecular formula is C4H7NO3S2. The number of thioether (sulfide) groups is 1. The summed E-state index contributed by atoms with van der Waals surface area (Å²) in [4.78, 5) is 0. The van der Waals surface area contributed by atoms with Gasteiger partial charge in [0.15, 0.2) is 0 Å². The van der Waals surface area contributed by atoms with Crippen molar-refractivity contribution in [1.29, 1.82) is 0 Å². The lowest BCUT2D eigenvalue weighted by atomic mass is 10.9. The van der Waals surface area contributed by atoms with Crippen molar-refractivity contribution in [1.82, 2.24) is 0 Å². The first-order valence-electron chi connectivity index (χ1n) is 2.69. The maximum atomic E-state index is 10.7. The average Bonchev–Trinajstić information content (AvgIpc) is 1.94. The van der Waals surface area contributed by atoms with Crippen LogP contribution >= 0.6 is 11.8 Å². The first kappa shape index (κ1) is 7.87. The Morgan fingerprint density at radius 1 is 1.70 bits per heavy atom. The molecule has 0 bridgehead atoms. The van der Waals surface area contributed by atoms with Crippen molar-refractivity contribution in [3.63, 3.8) is 0 Å². The summed E-state index contributed by atoms with van der Waals surface area (Å²) < 4.78 is 25.6. The van der Waals surface area contributed by atoms with E-state index in [1.165, 1.54) is 11.8 Å². The zero-order valence-electron chi connectivity index (χ0n) is 5.40. The lowest BCUT2D eigenvalue weighted by Crippen LogP contribution is -2.06. The van der Waals surface area contributed by atoms with Crippen LogP contribution in [0.15, 0.2) is 5.16 Å². The van der Waals surface area contributed by atoms with Crippen LogP contribution in [0.4, 0.5) is 0 Å². The summed E-state index contributed by atoms with van der Waals surface area (Å²) in [5, 5.41) is 4.02. The molecule has 1 aliphatic rings. The molecule has 0 N–H and O–H groups in total. The zero-order valence-corrected chi connectivity index (χ0v) is 7.04. The minimum Gasteiger partial charge on any atom is -0.268 e. The van der Waals surface area contributed by atoms with E-state index < -0.39 is 10.1 Å². The van der Waals surface area contributed by atoms with Gasteiger partial charge in [-0.05, 0) is 6.92 Å². The van der Waals surface area contributed by atoms with Gasteiger partial charge in [-0.3, -0.25) is 4.28 Å². The number of hydrogen-bond acceptors (Lipinski definition) is 5. The molecule has 1 aliphatic heterocycles. The zero-order chi connectivity index (χ0) is 7.61. The summed E-state index contributed by atoms with van der Waals surface area (Å²) in [5.74, 6) is 0.566. The largest absolute Gasteiger partial charge is 0.329 e. The molecule has 0 saturated heterocycles. The molecule has 0 unspecified atom stereocenters. The first-order valence-corrected chi connectivity index (χ1v) is 5.25. The van der Waals surface area contributed by atoms with E-state index in [4.69, 9.17) is 0 Å². The van der Waals surface area contributed by atoms with Crippen LogP contribution in [0, 0.1) is 0 Å². The van der Waals surface area contributed by atoms with E-state index in [0.29, 0.717) is 10.8 Å². The van der Waals surface area contributed by atoms with Gasteiger partial charge in [0.05, 0.1) is 5.75 Å². The van der Waals surface area contributed by atoms with E-state index in [-0.39, 0.29) is 5.75 Å². The third-order valence-corrected chi connectivity index (χ3v) is 3.09. The average molecular weight is 181 g/mol. The lowest BCUT2D eigenvalue weighted by molar-refractivity contribution is 0.342. The van der Waals surface area contributed by atoms with Crippen molar-refractivity contribution in [3.8, 4) is 0 Å². The third-order valence-electron chi connectivity index (χ3n) is 0.924. The monoisotopic (exact) mass is 181 g/mol. The van der Waals surface area contributed by atoms with Gasteiger partial charge in [-0.15, -0.1) is 11.8 Å². The molecule has 0 aromatic carbocycles. The van der Waals surface area contributed by atoms with Gasteiger partial charge in [-0.1, -0.05) is 5.16 Å². The molecule has 58 valence electrons. The molecule has 0 saturated carbocycles. The van der Waals surface area contributed by atoms with Crippen molar-refractivity contribution >= 4 is 26.9 Å². The fourth-order valence-corrected chi connectivity index (χ4v) is 2.35. The molecule has 6 heteroatoms. The van der Waals surface area contributed by atoms with E-state index in [1.54, 1.807) is 6.92 Å². The Balaban J connectivity index is 2.76. The highest BCUT2D eigenvalue weighted by atomic mass is 32.2. The summed E-state index contributed by atoms with van der Waals surface area (Å²) in [6.07, 6.45) is 0. The number of rotatable bonds is 0. The molecule has 4 nitrogen and oxygen atoms in total. The predicted octanol–water partition coefficient (Wildman–Crippen LogP) is 0.413. The van der Waals surface area contributed by atoms with Crippen LogP contribution in [0.5, 0.6) is 0 Å². The number of oxime groups is 1. The maximum Gasteiger partial charge on any atom is 0.329 e. The van der Waals surface area contributed by atoms with Gasteiger partial charge in [0.1, 0.15) is 5.04 Å². The van der Waals surface area contributed by atoms with Crippen LogP contribution in [-0.2, 0) is 14.4 Å². The fraction of sp³-hybridized carbons (Fsp3) is 0.750. The molecule has 0 aromatic rings. The van der Waals surface area contributed by atoms with Crippen molar-refractivity contribution < 1.29 is 12.7 Å². The van der Waals surface area contributed by atoms with Crippen LogP contribution in [0.2, 0.25) is 0 Å². The minimum atomic E-state index is -3.36. The molecular weight excluding hydrogens is 174 g/mol. The second kappa shape index (κ2) is 2.79. The van der Waals surface area contributed by atoms with Crippen LogP contribution in [0.25, 0.3) is 0 Å². The smallest absolute Gasteiger partial charge is 0.268 e. The Hall–Kier alpha value is -0.230. The summed E-state index contributed by atoms with van der Waals surface area (Å²) in [6.45, 7) is 1.71. The van der Waals surface area contributed by atoms with Gasteiger partial charge < -0.3 is 0 Å². The van der Waals surface area contributed by atoms with Gasteiger partial charge in [0, 0.05) is 5.75 Å². The number of nitrogens with zero attached hydrogens (tertiary/aromatic N) is 1. The number of hydrogen-bond donors (Lipinski definition) is 0. The Labute approximate surface area is 63.7 Å². The molecule has 0 amide bonds. The minimum absolute atomic E-state index is 0.0402. The molecule has 0 fully saturated rings. The van der Waals surface area contributed by atoms with Crippen molar-refractivity contribution in [2.24, 2.45) is 5.16 Å². The normalized spacial score (nSPS) is 24.3. The molecule has 10 heavy (non-hydrogen) atoms. The predicted molar refractivity (Wildman–Crippen MR) is 40.4 cm³/mol. The first-order chi connectivity index (χ1) is 4.60. The highest BCUT2D eigenvalue weighted by Crippen LogP contribution is 2.11. The molecule has 0 atom stereocenters. The van der Waals surface area contributed by atoms with Gasteiger partial charge in [0.25, 0.3) is 0 Å². The van der Waals surface area contributed by atoms with Crippen LogP contribution in [0.1, 0.15) is 6.92 Å². The van der Waals surface area contributed by atoms with Crippen LogP contribution < -0.4 is 0 Å². The van der Waals surface area contributed by atoms with E-state index in [2.05, 4.69) is 9.44 Å². The maximum absolute atomic E-state index is 10.7. The Morgan fingerprint density at radius 3 is 3.10 bits per heavy atom. The van der Waals surface area contributed by atoms with Crippen LogP contribution in [-0.4, -0.2) is 25.0 Å². The van der Waals surface area contributed by atoms with E-state index in [1.807, 2.05) is 0 Å². The van der Waals surface area contributed by atoms with E-state index >= 15 is 0 Å². The van der Waals surface area contributed by atoms with E-state index in [0.717, 1.165) is 0 Å². The van der Waals surface area contributed by atoms with Crippen LogP contribution in [0.3, 0.4) is 0 Å². The molecule has 0 spiro atoms. The Morgan fingerprint density at radius 2 is 2.40 bits per heavy atom. The summed E-state index contributed by atoms with van der Waals surface area (Å²) in [7, 11) is -3.36.